The van der Waals surface area contributed by atoms with Crippen LogP contribution in [0, 0.1) is 11.7 Å². The first-order valence-electron chi connectivity index (χ1n) is 10.5. The lowest BCUT2D eigenvalue weighted by molar-refractivity contribution is -0.0329. The van der Waals surface area contributed by atoms with Gasteiger partial charge in [-0.2, -0.15) is 13.2 Å². The number of aromatic amines is 1. The molecule has 0 fully saturated rings. The Kier molecular flexibility index (Phi) is 8.21. The zero-order valence-corrected chi connectivity index (χ0v) is 19.9. The van der Waals surface area contributed by atoms with Gasteiger partial charge in [0.05, 0.1) is 18.0 Å². The SMILES string of the molecule is COc1ccc(Cc2nc(C(=O)N[C@@H](c3ccc(SC(F)(F)F)c(F)c3)C(C)C)cc(=O)[nH]2)cc1. The first-order chi connectivity index (χ1) is 16.4. The number of hydrogen-bond acceptors (Lipinski definition) is 5. The van der Waals surface area contributed by atoms with Gasteiger partial charge in [-0.3, -0.25) is 9.59 Å². The molecule has 3 aromatic rings. The quantitative estimate of drug-likeness (QED) is 0.320. The van der Waals surface area contributed by atoms with E-state index in [4.69, 9.17) is 4.74 Å². The van der Waals surface area contributed by atoms with Gasteiger partial charge in [0.15, 0.2) is 0 Å². The number of amides is 1. The number of benzene rings is 2. The molecule has 186 valence electrons. The molecule has 3 rings (SSSR count). The van der Waals surface area contributed by atoms with Crippen molar-refractivity contribution in [3.63, 3.8) is 0 Å². The van der Waals surface area contributed by atoms with Gasteiger partial charge in [-0.1, -0.05) is 32.0 Å². The fraction of sp³-hybridized carbons (Fsp3) is 0.292. The molecule has 0 unspecified atom stereocenters. The van der Waals surface area contributed by atoms with Gasteiger partial charge in [0, 0.05) is 12.5 Å². The minimum atomic E-state index is -4.62. The number of nitrogens with zero attached hydrogens (tertiary/aromatic N) is 1. The molecule has 0 spiro atoms. The third-order valence-electron chi connectivity index (χ3n) is 5.05. The second-order valence-corrected chi connectivity index (χ2v) is 9.14. The van der Waals surface area contributed by atoms with E-state index in [2.05, 4.69) is 15.3 Å². The Morgan fingerprint density at radius 1 is 1.14 bits per heavy atom. The summed E-state index contributed by atoms with van der Waals surface area (Å²) in [4.78, 5) is 31.4. The predicted octanol–water partition coefficient (Wildman–Crippen LogP) is 5.25. The van der Waals surface area contributed by atoms with Crippen molar-refractivity contribution in [3.8, 4) is 5.75 Å². The number of halogens is 4. The van der Waals surface area contributed by atoms with Crippen molar-refractivity contribution >= 4 is 17.7 Å². The molecule has 0 aliphatic rings. The van der Waals surface area contributed by atoms with Crippen LogP contribution in [0.15, 0.2) is 58.2 Å². The number of carbonyl (C=O) groups is 1. The summed E-state index contributed by atoms with van der Waals surface area (Å²) in [6.45, 7) is 3.53. The second kappa shape index (κ2) is 10.9. The highest BCUT2D eigenvalue weighted by atomic mass is 32.2. The van der Waals surface area contributed by atoms with Crippen molar-refractivity contribution in [1.82, 2.24) is 15.3 Å². The highest BCUT2D eigenvalue weighted by Crippen LogP contribution is 2.39. The molecule has 0 bridgehead atoms. The van der Waals surface area contributed by atoms with Crippen LogP contribution < -0.4 is 15.6 Å². The number of H-pyrrole nitrogens is 1. The van der Waals surface area contributed by atoms with Crippen LogP contribution in [-0.4, -0.2) is 28.5 Å². The number of rotatable bonds is 8. The van der Waals surface area contributed by atoms with E-state index in [-0.39, 0.29) is 23.9 Å². The summed E-state index contributed by atoms with van der Waals surface area (Å²) < 4.78 is 57.3. The molecule has 2 N–H and O–H groups in total. The number of hydrogen-bond donors (Lipinski definition) is 2. The van der Waals surface area contributed by atoms with Crippen molar-refractivity contribution < 1.29 is 27.1 Å². The van der Waals surface area contributed by atoms with Crippen molar-refractivity contribution in [2.75, 3.05) is 7.11 Å². The van der Waals surface area contributed by atoms with Crippen molar-refractivity contribution in [2.24, 2.45) is 5.92 Å². The van der Waals surface area contributed by atoms with E-state index in [1.807, 2.05) is 0 Å². The van der Waals surface area contributed by atoms with E-state index in [0.717, 1.165) is 23.8 Å². The van der Waals surface area contributed by atoms with Crippen LogP contribution in [0.2, 0.25) is 0 Å². The van der Waals surface area contributed by atoms with E-state index in [1.54, 1.807) is 45.2 Å². The zero-order chi connectivity index (χ0) is 25.8. The molecule has 1 heterocycles. The number of aromatic nitrogens is 2. The van der Waals surface area contributed by atoms with Crippen molar-refractivity contribution in [2.45, 2.75) is 36.7 Å². The fourth-order valence-electron chi connectivity index (χ4n) is 3.41. The minimum absolute atomic E-state index is 0.132. The number of ether oxygens (including phenoxy) is 1. The van der Waals surface area contributed by atoms with Gasteiger partial charge in [0.2, 0.25) is 0 Å². The van der Waals surface area contributed by atoms with Gasteiger partial charge in [-0.25, -0.2) is 9.37 Å². The lowest BCUT2D eigenvalue weighted by Gasteiger charge is -2.23. The maximum atomic E-state index is 14.3. The van der Waals surface area contributed by atoms with Gasteiger partial charge >= 0.3 is 5.51 Å². The van der Waals surface area contributed by atoms with Gasteiger partial charge in [-0.05, 0) is 53.1 Å². The van der Waals surface area contributed by atoms with Crippen LogP contribution >= 0.6 is 11.8 Å². The van der Waals surface area contributed by atoms with Crippen molar-refractivity contribution in [1.29, 1.82) is 0 Å². The number of nitrogens with one attached hydrogen (secondary N) is 2. The maximum Gasteiger partial charge on any atom is 0.446 e. The van der Waals surface area contributed by atoms with Gasteiger partial charge < -0.3 is 15.0 Å². The molecule has 0 saturated heterocycles. The van der Waals surface area contributed by atoms with Crippen LogP contribution in [0.25, 0.3) is 0 Å². The largest absolute Gasteiger partial charge is 0.497 e. The van der Waals surface area contributed by atoms with Crippen LogP contribution in [0.3, 0.4) is 0 Å². The Morgan fingerprint density at radius 3 is 2.40 bits per heavy atom. The molecule has 2 aromatic carbocycles. The van der Waals surface area contributed by atoms with E-state index in [9.17, 15) is 27.2 Å². The minimum Gasteiger partial charge on any atom is -0.497 e. The fourth-order valence-corrected chi connectivity index (χ4v) is 3.95. The monoisotopic (exact) mass is 509 g/mol. The van der Waals surface area contributed by atoms with Gasteiger partial charge in [0.1, 0.15) is 23.1 Å². The molecule has 0 radical (unpaired) electrons. The van der Waals surface area contributed by atoms with E-state index >= 15 is 0 Å². The Bertz CT molecular complexity index is 1240. The first kappa shape index (κ1) is 26.3. The summed E-state index contributed by atoms with van der Waals surface area (Å²) in [5.41, 5.74) is -4.15. The third-order valence-corrected chi connectivity index (χ3v) is 5.83. The Morgan fingerprint density at radius 2 is 1.83 bits per heavy atom. The maximum absolute atomic E-state index is 14.3. The molecule has 11 heteroatoms. The standard InChI is InChI=1S/C24H23F4N3O3S/c1-13(2)22(15-6-9-19(17(25)11-15)35-24(26,27)28)31-23(33)18-12-21(32)30-20(29-18)10-14-4-7-16(34-3)8-5-14/h4-9,11-13,22H,10H2,1-3H3,(H,31,33)(H,29,30,32)/t22-/m1/s1. The summed E-state index contributed by atoms with van der Waals surface area (Å²) in [5.74, 6) is -1.00. The molecule has 1 aromatic heterocycles. The molecule has 1 amide bonds. The average Bonchev–Trinajstić information content (AvgIpc) is 2.78. The Hall–Kier alpha value is -3.34. The highest BCUT2D eigenvalue weighted by Gasteiger charge is 2.31. The van der Waals surface area contributed by atoms with Gasteiger partial charge in [0.25, 0.3) is 11.5 Å². The first-order valence-corrected chi connectivity index (χ1v) is 11.4. The van der Waals surface area contributed by atoms with E-state index in [0.29, 0.717) is 11.3 Å². The molecule has 6 nitrogen and oxygen atoms in total. The molecule has 35 heavy (non-hydrogen) atoms. The van der Waals surface area contributed by atoms with Crippen LogP contribution in [0.4, 0.5) is 17.6 Å². The molecular formula is C24H23F4N3O3S. The highest BCUT2D eigenvalue weighted by molar-refractivity contribution is 8.00. The summed E-state index contributed by atoms with van der Waals surface area (Å²) >= 11 is -0.545. The normalized spacial score (nSPS) is 12.5. The van der Waals surface area contributed by atoms with E-state index < -0.39 is 45.5 Å². The third kappa shape index (κ3) is 7.32. The summed E-state index contributed by atoms with van der Waals surface area (Å²) in [7, 11) is 1.55. The van der Waals surface area contributed by atoms with Crippen LogP contribution in [-0.2, 0) is 6.42 Å². The number of carbonyl (C=O) groups excluding carboxylic acids is 1. The molecule has 0 aliphatic heterocycles. The predicted molar refractivity (Wildman–Crippen MR) is 124 cm³/mol. The van der Waals surface area contributed by atoms with Crippen LogP contribution in [0.5, 0.6) is 5.75 Å². The molecule has 1 atom stereocenters. The summed E-state index contributed by atoms with van der Waals surface area (Å²) in [6.07, 6.45) is 0.261. The second-order valence-electron chi connectivity index (χ2n) is 8.03. The Labute approximate surface area is 203 Å². The topological polar surface area (TPSA) is 84.1 Å². The molecular weight excluding hydrogens is 486 g/mol. The number of methoxy groups -OCH3 is 1. The zero-order valence-electron chi connectivity index (χ0n) is 19.1. The molecule has 0 aliphatic carbocycles. The molecule has 0 saturated carbocycles. The lowest BCUT2D eigenvalue weighted by Crippen LogP contribution is -2.33. The van der Waals surface area contributed by atoms with Crippen molar-refractivity contribution in [3.05, 3.63) is 87.3 Å². The average molecular weight is 510 g/mol. The van der Waals surface area contributed by atoms with Crippen LogP contribution in [0.1, 0.15) is 47.3 Å². The summed E-state index contributed by atoms with van der Waals surface area (Å²) in [6, 6.07) is 10.8. The number of alkyl halides is 3. The van der Waals surface area contributed by atoms with E-state index in [1.165, 1.54) is 6.07 Å². The smallest absolute Gasteiger partial charge is 0.446 e. The lowest BCUT2D eigenvalue weighted by atomic mass is 9.95. The summed E-state index contributed by atoms with van der Waals surface area (Å²) in [5, 5.41) is 2.71. The Balaban J connectivity index is 1.81. The number of thioether (sulfide) groups is 1. The van der Waals surface area contributed by atoms with Gasteiger partial charge in [-0.15, -0.1) is 0 Å².